The maximum Gasteiger partial charge on any atom is 0.143 e. The van der Waals surface area contributed by atoms with Crippen molar-refractivity contribution in [1.82, 2.24) is 0 Å². The Kier molecular flexibility index (Phi) is 6.76. The van der Waals surface area contributed by atoms with E-state index in [0.717, 1.165) is 50.0 Å². The molecule has 0 radical (unpaired) electrons. The maximum absolute atomic E-state index is 6.52. The fourth-order valence-electron chi connectivity index (χ4n) is 8.18. The molecule has 0 aliphatic heterocycles. The first-order valence-corrected chi connectivity index (χ1v) is 18.8. The van der Waals surface area contributed by atoms with Crippen molar-refractivity contribution in [2.75, 3.05) is 4.90 Å². The van der Waals surface area contributed by atoms with E-state index in [1.54, 1.807) is 0 Å². The molecule has 11 aromatic rings. The van der Waals surface area contributed by atoms with Crippen molar-refractivity contribution < 1.29 is 4.42 Å². The highest BCUT2D eigenvalue weighted by Crippen LogP contribution is 2.44. The molecule has 0 saturated carbocycles. The fourth-order valence-corrected chi connectivity index (χ4v) is 9.42. The van der Waals surface area contributed by atoms with Gasteiger partial charge in [0.05, 0.1) is 5.69 Å². The van der Waals surface area contributed by atoms with Gasteiger partial charge in [-0.1, -0.05) is 140 Å². The first-order valence-electron chi connectivity index (χ1n) is 18.0. The molecule has 3 heteroatoms. The van der Waals surface area contributed by atoms with E-state index < -0.39 is 0 Å². The van der Waals surface area contributed by atoms with Gasteiger partial charge in [0.2, 0.25) is 0 Å². The lowest BCUT2D eigenvalue weighted by atomic mass is 9.97. The Balaban J connectivity index is 1.04. The second-order valence-electron chi connectivity index (χ2n) is 13.7. The number of benzene rings is 9. The second-order valence-corrected chi connectivity index (χ2v) is 14.7. The lowest BCUT2D eigenvalue weighted by molar-refractivity contribution is 0.673. The normalized spacial score (nSPS) is 11.8. The Morgan fingerprint density at radius 2 is 0.981 bits per heavy atom. The van der Waals surface area contributed by atoms with Gasteiger partial charge in [-0.05, 0) is 81.6 Å². The lowest BCUT2D eigenvalue weighted by Crippen LogP contribution is -2.10. The molecule has 2 aromatic heterocycles. The van der Waals surface area contributed by atoms with Crippen LogP contribution in [0.25, 0.3) is 85.9 Å². The number of rotatable bonds is 5. The van der Waals surface area contributed by atoms with Crippen LogP contribution in [0.1, 0.15) is 0 Å². The number of furan rings is 1. The summed E-state index contributed by atoms with van der Waals surface area (Å²) >= 11 is 1.87. The molecule has 9 aromatic carbocycles. The zero-order valence-corrected chi connectivity index (χ0v) is 29.5. The van der Waals surface area contributed by atoms with E-state index in [0.29, 0.717) is 0 Å². The van der Waals surface area contributed by atoms with Crippen LogP contribution >= 0.6 is 11.3 Å². The molecule has 11 rings (SSSR count). The van der Waals surface area contributed by atoms with E-state index in [1.165, 1.54) is 53.0 Å². The molecular weight excluding hydrogens is 663 g/mol. The van der Waals surface area contributed by atoms with E-state index in [1.807, 2.05) is 11.3 Å². The summed E-state index contributed by atoms with van der Waals surface area (Å²) in [5, 5.41) is 9.67. The van der Waals surface area contributed by atoms with Gasteiger partial charge >= 0.3 is 0 Å². The topological polar surface area (TPSA) is 16.4 Å². The van der Waals surface area contributed by atoms with Gasteiger partial charge in [0.25, 0.3) is 0 Å². The summed E-state index contributed by atoms with van der Waals surface area (Å²) in [4.78, 5) is 2.38. The summed E-state index contributed by atoms with van der Waals surface area (Å²) in [6.07, 6.45) is 0. The smallest absolute Gasteiger partial charge is 0.143 e. The fraction of sp³-hybridized carbons (Fsp3) is 0. The number of thiophene rings is 1. The third-order valence-electron chi connectivity index (χ3n) is 10.7. The minimum Gasteiger partial charge on any atom is -0.455 e. The Bertz CT molecular complexity index is 3160. The molecule has 53 heavy (non-hydrogen) atoms. The average molecular weight is 694 g/mol. The summed E-state index contributed by atoms with van der Waals surface area (Å²) in [6.45, 7) is 0. The molecule has 0 N–H and O–H groups in total. The highest BCUT2D eigenvalue weighted by atomic mass is 32.1. The standard InChI is InChI=1S/C50H31NOS/c1-3-13-38-32(10-1)12-7-19-45(38)51(37-29-24-35(25-30-37)41-17-8-18-43-42-15-5-6-21-47(42)53-50(41)43)36-27-22-34(23-28-36)39-16-9-20-46-48(39)44-31-26-33-11-2-4-14-40(33)49(44)52-46/h1-31H. The minimum atomic E-state index is 0.904. The summed E-state index contributed by atoms with van der Waals surface area (Å²) in [5.74, 6) is 0. The molecular formula is C50H31NOS. The van der Waals surface area contributed by atoms with Gasteiger partial charge in [0.15, 0.2) is 0 Å². The van der Waals surface area contributed by atoms with Crippen molar-refractivity contribution in [2.45, 2.75) is 0 Å². The van der Waals surface area contributed by atoms with E-state index in [-0.39, 0.29) is 0 Å². The average Bonchev–Trinajstić information content (AvgIpc) is 3.81. The maximum atomic E-state index is 6.52. The first kappa shape index (κ1) is 30.0. The Morgan fingerprint density at radius 1 is 0.396 bits per heavy atom. The minimum absolute atomic E-state index is 0.904. The number of nitrogens with zero attached hydrogens (tertiary/aromatic N) is 1. The summed E-state index contributed by atoms with van der Waals surface area (Å²) in [7, 11) is 0. The summed E-state index contributed by atoms with van der Waals surface area (Å²) < 4.78 is 9.17. The summed E-state index contributed by atoms with van der Waals surface area (Å²) in [5.41, 5.74) is 10.00. The van der Waals surface area contributed by atoms with E-state index >= 15 is 0 Å². The molecule has 2 nitrogen and oxygen atoms in total. The first-order chi connectivity index (χ1) is 26.3. The van der Waals surface area contributed by atoms with Crippen molar-refractivity contribution in [3.05, 3.63) is 188 Å². The Labute approximate surface area is 310 Å². The zero-order chi connectivity index (χ0) is 34.9. The van der Waals surface area contributed by atoms with Crippen LogP contribution in [0.5, 0.6) is 0 Å². The zero-order valence-electron chi connectivity index (χ0n) is 28.7. The molecule has 0 atom stereocenters. The van der Waals surface area contributed by atoms with Gasteiger partial charge in [-0.25, -0.2) is 0 Å². The van der Waals surface area contributed by atoms with Crippen molar-refractivity contribution in [3.8, 4) is 22.3 Å². The third kappa shape index (κ3) is 4.78. The molecule has 0 amide bonds. The van der Waals surface area contributed by atoms with Crippen LogP contribution in [0, 0.1) is 0 Å². The Morgan fingerprint density at radius 3 is 1.77 bits per heavy atom. The molecule has 0 spiro atoms. The van der Waals surface area contributed by atoms with Crippen molar-refractivity contribution in [1.29, 1.82) is 0 Å². The molecule has 0 fully saturated rings. The van der Waals surface area contributed by atoms with Gasteiger partial charge in [-0.2, -0.15) is 0 Å². The number of anilines is 3. The monoisotopic (exact) mass is 693 g/mol. The van der Waals surface area contributed by atoms with Crippen molar-refractivity contribution in [2.24, 2.45) is 0 Å². The van der Waals surface area contributed by atoms with Crippen LogP contribution in [0.4, 0.5) is 17.1 Å². The van der Waals surface area contributed by atoms with Crippen molar-refractivity contribution in [3.63, 3.8) is 0 Å². The van der Waals surface area contributed by atoms with Crippen LogP contribution in [-0.4, -0.2) is 0 Å². The van der Waals surface area contributed by atoms with Gasteiger partial charge in [-0.15, -0.1) is 11.3 Å². The quantitative estimate of drug-likeness (QED) is 0.178. The molecule has 0 saturated heterocycles. The highest BCUT2D eigenvalue weighted by molar-refractivity contribution is 7.26. The predicted octanol–water partition coefficient (Wildman–Crippen LogP) is 15.1. The number of hydrogen-bond acceptors (Lipinski definition) is 3. The van der Waals surface area contributed by atoms with Crippen LogP contribution in [0.15, 0.2) is 192 Å². The number of hydrogen-bond donors (Lipinski definition) is 0. The molecule has 0 unspecified atom stereocenters. The molecule has 0 bridgehead atoms. The highest BCUT2D eigenvalue weighted by Gasteiger charge is 2.19. The van der Waals surface area contributed by atoms with Crippen LogP contribution < -0.4 is 4.90 Å². The Hall–Kier alpha value is -6.68. The predicted molar refractivity (Wildman–Crippen MR) is 227 cm³/mol. The van der Waals surface area contributed by atoms with Gasteiger partial charge in [0, 0.05) is 53.1 Å². The van der Waals surface area contributed by atoms with Crippen molar-refractivity contribution >= 4 is 92.1 Å². The van der Waals surface area contributed by atoms with Crippen LogP contribution in [0.3, 0.4) is 0 Å². The molecule has 2 heterocycles. The number of fused-ring (bicyclic) bond motifs is 9. The summed E-state index contributed by atoms with van der Waals surface area (Å²) in [6, 6.07) is 67.9. The van der Waals surface area contributed by atoms with Gasteiger partial charge < -0.3 is 9.32 Å². The third-order valence-corrected chi connectivity index (χ3v) is 11.9. The molecule has 0 aliphatic rings. The molecule has 248 valence electrons. The SMILES string of the molecule is c1ccc2c(N(c3ccc(-c4cccc5c4sc4ccccc45)cc3)c3ccc(-c4cccc5oc6c7ccccc7ccc6c45)cc3)cccc2c1. The largest absolute Gasteiger partial charge is 0.455 e. The molecule has 0 aliphatic carbocycles. The van der Waals surface area contributed by atoms with E-state index in [2.05, 4.69) is 193 Å². The lowest BCUT2D eigenvalue weighted by Gasteiger charge is -2.27. The second kappa shape index (κ2) is 11.9. The van der Waals surface area contributed by atoms with E-state index in [4.69, 9.17) is 4.42 Å². The van der Waals surface area contributed by atoms with E-state index in [9.17, 15) is 0 Å². The van der Waals surface area contributed by atoms with Gasteiger partial charge in [-0.3, -0.25) is 0 Å². The van der Waals surface area contributed by atoms with Crippen LogP contribution in [-0.2, 0) is 0 Å². The van der Waals surface area contributed by atoms with Gasteiger partial charge in [0.1, 0.15) is 11.2 Å². The van der Waals surface area contributed by atoms with Crippen LogP contribution in [0.2, 0.25) is 0 Å².